The second-order valence-corrected chi connectivity index (χ2v) is 6.79. The van der Waals surface area contributed by atoms with Gasteiger partial charge in [0.05, 0.1) is 0 Å². The van der Waals surface area contributed by atoms with Gasteiger partial charge in [-0.1, -0.05) is 55.5 Å². The fourth-order valence-corrected chi connectivity index (χ4v) is 3.40. The predicted octanol–water partition coefficient (Wildman–Crippen LogP) is 1.54. The van der Waals surface area contributed by atoms with E-state index in [2.05, 4.69) is 5.32 Å². The van der Waals surface area contributed by atoms with Gasteiger partial charge in [0.1, 0.15) is 5.76 Å². The maximum absolute atomic E-state index is 12.8. The molecule has 6 nitrogen and oxygen atoms in total. The summed E-state index contributed by atoms with van der Waals surface area (Å²) in [7, 11) is 0. The molecule has 0 saturated carbocycles. The van der Waals surface area contributed by atoms with Gasteiger partial charge in [0.25, 0.3) is 11.5 Å². The summed E-state index contributed by atoms with van der Waals surface area (Å²) < 4.78 is 5.66. The third kappa shape index (κ3) is 3.11. The molecule has 0 aromatic heterocycles. The van der Waals surface area contributed by atoms with Gasteiger partial charge in [-0.2, -0.15) is 0 Å². The summed E-state index contributed by atoms with van der Waals surface area (Å²) in [6.45, 7) is 3.53. The molecule has 1 amide bonds. The highest BCUT2D eigenvalue weighted by molar-refractivity contribution is 6.20. The molecule has 3 N–H and O–H groups in total. The molecule has 2 aliphatic rings. The largest absolute Gasteiger partial charge is 0.466 e. The summed E-state index contributed by atoms with van der Waals surface area (Å²) in [5.74, 6) is -1.28. The van der Waals surface area contributed by atoms with E-state index in [0.29, 0.717) is 5.56 Å². The number of Topliss-reactive ketones (excluding diaryl/α,β-unsaturated/α-hetero) is 1. The van der Waals surface area contributed by atoms with Crippen molar-refractivity contribution in [2.75, 3.05) is 0 Å². The molecular formula is C21H23NO5. The molecule has 1 spiro atoms. The first-order valence-corrected chi connectivity index (χ1v) is 8.90. The molecule has 6 heteroatoms. The van der Waals surface area contributed by atoms with Crippen molar-refractivity contribution in [3.05, 3.63) is 71.5 Å². The first-order chi connectivity index (χ1) is 12.8. The Morgan fingerprint density at radius 3 is 2.59 bits per heavy atom. The van der Waals surface area contributed by atoms with E-state index in [9.17, 15) is 19.8 Å². The van der Waals surface area contributed by atoms with E-state index in [1.54, 1.807) is 42.5 Å². The Morgan fingerprint density at radius 2 is 1.93 bits per heavy atom. The fourth-order valence-electron chi connectivity index (χ4n) is 3.40. The van der Waals surface area contributed by atoms with Crippen LogP contribution in [0.1, 0.15) is 25.8 Å². The molecule has 0 radical (unpaired) electrons. The molecule has 142 valence electrons. The number of allylic oxidation sites excluding steroid dienone is 4. The Kier molecular flexibility index (Phi) is 5.04. The Labute approximate surface area is 157 Å². The lowest BCUT2D eigenvalue weighted by Gasteiger charge is -2.30. The van der Waals surface area contributed by atoms with Gasteiger partial charge in [0.15, 0.2) is 11.8 Å². The molecule has 1 fully saturated rings. The summed E-state index contributed by atoms with van der Waals surface area (Å²) in [6.07, 6.45) is 6.05. The van der Waals surface area contributed by atoms with Crippen LogP contribution < -0.4 is 5.32 Å². The van der Waals surface area contributed by atoms with Crippen molar-refractivity contribution >= 4 is 11.7 Å². The number of hydrogen-bond acceptors (Lipinski definition) is 5. The number of hydrogen-bond donors (Lipinski definition) is 3. The second-order valence-electron chi connectivity index (χ2n) is 6.79. The van der Waals surface area contributed by atoms with Crippen LogP contribution in [0.3, 0.4) is 0 Å². The van der Waals surface area contributed by atoms with Crippen molar-refractivity contribution in [2.45, 2.75) is 44.1 Å². The third-order valence-corrected chi connectivity index (χ3v) is 4.87. The van der Waals surface area contributed by atoms with E-state index in [0.717, 1.165) is 6.42 Å². The maximum Gasteiger partial charge on any atom is 0.278 e. The van der Waals surface area contributed by atoms with E-state index in [-0.39, 0.29) is 17.8 Å². The lowest BCUT2D eigenvalue weighted by Crippen LogP contribution is -2.56. The van der Waals surface area contributed by atoms with E-state index in [1.165, 1.54) is 6.92 Å². The van der Waals surface area contributed by atoms with Crippen LogP contribution in [0.2, 0.25) is 0 Å². The van der Waals surface area contributed by atoms with Gasteiger partial charge in [-0.25, -0.2) is 0 Å². The van der Waals surface area contributed by atoms with Crippen LogP contribution in [0.5, 0.6) is 0 Å². The SMILES string of the molecule is CC/C=C/C=C/C1=C(C)C(=O)[C@@]2(O1)C(=O)N[C@](O)(Cc1ccccc1)[C@H]2O. The zero-order chi connectivity index (χ0) is 19.7. The number of carbonyl (C=O) groups is 2. The van der Waals surface area contributed by atoms with Crippen LogP contribution >= 0.6 is 0 Å². The molecule has 27 heavy (non-hydrogen) atoms. The van der Waals surface area contributed by atoms with Crippen LogP contribution in [0.15, 0.2) is 66.0 Å². The van der Waals surface area contributed by atoms with E-state index < -0.39 is 29.1 Å². The van der Waals surface area contributed by atoms with Gasteiger partial charge in [-0.05, 0) is 25.0 Å². The average molecular weight is 369 g/mol. The fraction of sp³-hybridized carbons (Fsp3) is 0.333. The molecule has 1 aromatic rings. The van der Waals surface area contributed by atoms with Crippen LogP contribution in [0.25, 0.3) is 0 Å². The van der Waals surface area contributed by atoms with E-state index in [1.807, 2.05) is 19.1 Å². The van der Waals surface area contributed by atoms with Crippen LogP contribution in [0, 0.1) is 0 Å². The molecule has 0 aliphatic carbocycles. The van der Waals surface area contributed by atoms with Crippen molar-refractivity contribution < 1.29 is 24.5 Å². The Bertz CT molecular complexity index is 841. The van der Waals surface area contributed by atoms with Crippen molar-refractivity contribution in [1.29, 1.82) is 0 Å². The monoisotopic (exact) mass is 369 g/mol. The van der Waals surface area contributed by atoms with Crippen LogP contribution in [-0.4, -0.2) is 39.3 Å². The molecule has 3 atom stereocenters. The Morgan fingerprint density at radius 1 is 1.22 bits per heavy atom. The second kappa shape index (κ2) is 7.13. The topological polar surface area (TPSA) is 95.9 Å². The summed E-state index contributed by atoms with van der Waals surface area (Å²) >= 11 is 0. The van der Waals surface area contributed by atoms with Gasteiger partial charge in [-0.15, -0.1) is 0 Å². The maximum atomic E-state index is 12.8. The lowest BCUT2D eigenvalue weighted by molar-refractivity contribution is -0.161. The summed E-state index contributed by atoms with van der Waals surface area (Å²) in [5, 5.41) is 24.1. The minimum Gasteiger partial charge on any atom is -0.466 e. The minimum absolute atomic E-state index is 0.0530. The molecule has 3 rings (SSSR count). The molecule has 0 bridgehead atoms. The molecule has 2 aliphatic heterocycles. The van der Waals surface area contributed by atoms with Gasteiger partial charge >= 0.3 is 0 Å². The van der Waals surface area contributed by atoms with Crippen LogP contribution in [-0.2, 0) is 20.7 Å². The number of benzene rings is 1. The Hall–Kier alpha value is -2.70. The van der Waals surface area contributed by atoms with E-state index in [4.69, 9.17) is 4.74 Å². The summed E-state index contributed by atoms with van der Waals surface area (Å²) in [5.41, 5.74) is -3.23. The first kappa shape index (κ1) is 19.1. The number of aliphatic hydroxyl groups is 2. The lowest BCUT2D eigenvalue weighted by atomic mass is 9.86. The van der Waals surface area contributed by atoms with Crippen molar-refractivity contribution in [3.8, 4) is 0 Å². The normalized spacial score (nSPS) is 30.7. The number of carbonyl (C=O) groups excluding carboxylic acids is 2. The van der Waals surface area contributed by atoms with Gasteiger partial charge < -0.3 is 20.3 Å². The van der Waals surface area contributed by atoms with Crippen molar-refractivity contribution in [2.24, 2.45) is 0 Å². The molecular weight excluding hydrogens is 346 g/mol. The average Bonchev–Trinajstić information content (AvgIpc) is 3.01. The van der Waals surface area contributed by atoms with Crippen molar-refractivity contribution in [1.82, 2.24) is 5.32 Å². The number of aliphatic hydroxyl groups excluding tert-OH is 1. The summed E-state index contributed by atoms with van der Waals surface area (Å²) in [6, 6.07) is 8.91. The zero-order valence-corrected chi connectivity index (χ0v) is 15.3. The standard InChI is InChI=1S/C21H23NO5/c1-3-4-5-9-12-16-14(2)17(23)21(27-16)18(24)20(26,22-19(21)25)13-15-10-7-6-8-11-15/h4-12,18,24,26H,3,13H2,1-2H3,(H,22,25)/b5-4+,12-9+/t18-,20+,21+/m1/s1. The molecule has 0 unspecified atom stereocenters. The third-order valence-electron chi connectivity index (χ3n) is 4.87. The highest BCUT2D eigenvalue weighted by atomic mass is 16.5. The number of rotatable bonds is 5. The van der Waals surface area contributed by atoms with Crippen molar-refractivity contribution in [3.63, 3.8) is 0 Å². The smallest absolute Gasteiger partial charge is 0.278 e. The van der Waals surface area contributed by atoms with Gasteiger partial charge in [0, 0.05) is 12.0 Å². The summed E-state index contributed by atoms with van der Waals surface area (Å²) in [4.78, 5) is 25.5. The number of amides is 1. The quantitative estimate of drug-likeness (QED) is 0.541. The van der Waals surface area contributed by atoms with Crippen LogP contribution in [0.4, 0.5) is 0 Å². The Balaban J connectivity index is 1.88. The molecule has 1 saturated heterocycles. The molecule has 1 aromatic carbocycles. The minimum atomic E-state index is -2.16. The highest BCUT2D eigenvalue weighted by Gasteiger charge is 2.70. The van der Waals surface area contributed by atoms with Gasteiger partial charge in [-0.3, -0.25) is 9.59 Å². The highest BCUT2D eigenvalue weighted by Crippen LogP contribution is 2.42. The number of ether oxygens (including phenoxy) is 1. The molecule has 2 heterocycles. The number of ketones is 1. The zero-order valence-electron chi connectivity index (χ0n) is 15.3. The predicted molar refractivity (Wildman–Crippen MR) is 99.3 cm³/mol. The van der Waals surface area contributed by atoms with Gasteiger partial charge in [0.2, 0.25) is 5.78 Å². The first-order valence-electron chi connectivity index (χ1n) is 8.90. The van der Waals surface area contributed by atoms with E-state index >= 15 is 0 Å². The number of nitrogens with one attached hydrogen (secondary N) is 1.